The minimum atomic E-state index is -0.826. The van der Waals surface area contributed by atoms with E-state index in [9.17, 15) is 19.7 Å². The van der Waals surface area contributed by atoms with E-state index in [1.165, 1.54) is 31.4 Å². The number of ketones is 1. The normalized spacial score (nSPS) is 20.5. The van der Waals surface area contributed by atoms with Crippen LogP contribution < -0.4 is 5.73 Å². The molecule has 1 aliphatic heterocycles. The van der Waals surface area contributed by atoms with Crippen LogP contribution in [0.4, 0.5) is 5.69 Å². The summed E-state index contributed by atoms with van der Waals surface area (Å²) in [7, 11) is 1.48. The van der Waals surface area contributed by atoms with Gasteiger partial charge in [-0.2, -0.15) is 0 Å². The van der Waals surface area contributed by atoms with Crippen molar-refractivity contribution in [2.45, 2.75) is 32.6 Å². The summed E-state index contributed by atoms with van der Waals surface area (Å²) in [5.41, 5.74) is 6.56. The molecule has 0 spiro atoms. The van der Waals surface area contributed by atoms with Crippen molar-refractivity contribution in [1.82, 2.24) is 0 Å². The van der Waals surface area contributed by atoms with Crippen molar-refractivity contribution in [2.75, 3.05) is 20.3 Å². The average Bonchev–Trinajstić information content (AvgIpc) is 2.66. The third kappa shape index (κ3) is 4.20. The highest BCUT2D eigenvalue weighted by Gasteiger charge is 2.45. The quantitative estimate of drug-likeness (QED) is 0.324. The van der Waals surface area contributed by atoms with Crippen molar-refractivity contribution in [2.24, 2.45) is 11.1 Å². The zero-order valence-corrected chi connectivity index (χ0v) is 17.1. The van der Waals surface area contributed by atoms with Crippen LogP contribution >= 0.6 is 0 Å². The van der Waals surface area contributed by atoms with Crippen molar-refractivity contribution in [1.29, 1.82) is 0 Å². The molecule has 0 amide bonds. The Morgan fingerprint density at radius 2 is 1.93 bits per heavy atom. The number of carbonyl (C=O) groups excluding carboxylic acids is 2. The fraction of sp³-hybridized carbons (Fsp3) is 0.429. The number of non-ortho nitro benzene ring substituents is 1. The molecule has 0 unspecified atom stereocenters. The smallest absolute Gasteiger partial charge is 0.340 e. The lowest BCUT2D eigenvalue weighted by atomic mass is 9.70. The Morgan fingerprint density at radius 1 is 1.27 bits per heavy atom. The van der Waals surface area contributed by atoms with Gasteiger partial charge < -0.3 is 19.9 Å². The Bertz CT molecular complexity index is 945. The number of nitrogens with zero attached hydrogens (tertiary/aromatic N) is 1. The molecule has 3 rings (SSSR count). The summed E-state index contributed by atoms with van der Waals surface area (Å²) in [6, 6.07) is 5.68. The summed E-state index contributed by atoms with van der Waals surface area (Å²) in [5.74, 6) is -1.42. The van der Waals surface area contributed by atoms with Gasteiger partial charge in [-0.05, 0) is 11.0 Å². The Morgan fingerprint density at radius 3 is 2.53 bits per heavy atom. The lowest BCUT2D eigenvalue weighted by molar-refractivity contribution is -0.384. The van der Waals surface area contributed by atoms with Crippen LogP contribution in [-0.2, 0) is 23.8 Å². The van der Waals surface area contributed by atoms with Gasteiger partial charge in [-0.15, -0.1) is 0 Å². The predicted octanol–water partition coefficient (Wildman–Crippen LogP) is 2.71. The molecule has 0 bridgehead atoms. The molecule has 1 aromatic rings. The summed E-state index contributed by atoms with van der Waals surface area (Å²) < 4.78 is 15.9. The van der Waals surface area contributed by atoms with Gasteiger partial charge in [0.1, 0.15) is 17.9 Å². The maximum atomic E-state index is 13.1. The van der Waals surface area contributed by atoms with E-state index in [2.05, 4.69) is 0 Å². The molecule has 2 aliphatic rings. The number of nitrogens with two attached hydrogens (primary N) is 1. The SMILES string of the molecule is COCCOC(=O)C1=C(N)OC2=C(C(=O)CC(C)(C)C2)[C@@H]1c1ccc([N+](=O)[O-])cc1. The number of hydrogen-bond donors (Lipinski definition) is 1. The number of carbonyl (C=O) groups is 2. The molecule has 2 N–H and O–H groups in total. The van der Waals surface area contributed by atoms with Crippen molar-refractivity contribution >= 4 is 17.4 Å². The lowest BCUT2D eigenvalue weighted by Crippen LogP contribution is -2.35. The minimum Gasteiger partial charge on any atom is -0.460 e. The van der Waals surface area contributed by atoms with E-state index in [-0.39, 0.29) is 48.0 Å². The maximum Gasteiger partial charge on any atom is 0.340 e. The van der Waals surface area contributed by atoms with Crippen molar-refractivity contribution < 1.29 is 28.7 Å². The average molecular weight is 416 g/mol. The second-order valence-electron chi connectivity index (χ2n) is 8.07. The van der Waals surface area contributed by atoms with Crippen LogP contribution in [-0.4, -0.2) is 37.0 Å². The van der Waals surface area contributed by atoms with Crippen LogP contribution in [0.15, 0.2) is 47.1 Å². The van der Waals surface area contributed by atoms with Gasteiger partial charge in [0.25, 0.3) is 5.69 Å². The second kappa shape index (κ2) is 8.27. The number of ether oxygens (including phenoxy) is 3. The fourth-order valence-electron chi connectivity index (χ4n) is 3.80. The summed E-state index contributed by atoms with van der Waals surface area (Å²) in [4.78, 5) is 36.4. The molecule has 1 aliphatic carbocycles. The topological polar surface area (TPSA) is 131 Å². The van der Waals surface area contributed by atoms with E-state index in [0.29, 0.717) is 23.3 Å². The number of allylic oxidation sites excluding steroid dienone is 2. The first-order chi connectivity index (χ1) is 14.1. The van der Waals surface area contributed by atoms with E-state index in [4.69, 9.17) is 19.9 Å². The van der Waals surface area contributed by atoms with E-state index in [1.807, 2.05) is 13.8 Å². The number of methoxy groups -OCH3 is 1. The first-order valence-corrected chi connectivity index (χ1v) is 9.49. The Balaban J connectivity index is 2.08. The maximum absolute atomic E-state index is 13.1. The van der Waals surface area contributed by atoms with Crippen molar-refractivity contribution in [3.8, 4) is 0 Å². The zero-order valence-electron chi connectivity index (χ0n) is 17.1. The first-order valence-electron chi connectivity index (χ1n) is 9.49. The number of Topliss-reactive ketones (excluding diaryl/α,β-unsaturated/α-hetero) is 1. The third-order valence-corrected chi connectivity index (χ3v) is 5.13. The standard InChI is InChI=1S/C21H24N2O7/c1-21(2)10-14(24)17-15(11-21)30-19(22)18(20(25)29-9-8-28-3)16(17)12-4-6-13(7-5-12)23(26)27/h4-7,16H,8-11,22H2,1-3H3/t16-/m0/s1. The molecule has 1 aromatic carbocycles. The summed E-state index contributed by atoms with van der Waals surface area (Å²) in [6.45, 7) is 4.11. The molecule has 0 fully saturated rings. The summed E-state index contributed by atoms with van der Waals surface area (Å²) >= 11 is 0. The van der Waals surface area contributed by atoms with Gasteiger partial charge in [0, 0.05) is 37.7 Å². The van der Waals surface area contributed by atoms with E-state index in [1.54, 1.807) is 0 Å². The first kappa shape index (κ1) is 21.5. The molecule has 0 aromatic heterocycles. The van der Waals surface area contributed by atoms with Crippen molar-refractivity contribution in [3.63, 3.8) is 0 Å². The highest BCUT2D eigenvalue weighted by molar-refractivity contribution is 6.03. The number of esters is 1. The number of benzene rings is 1. The lowest BCUT2D eigenvalue weighted by Gasteiger charge is -2.37. The van der Waals surface area contributed by atoms with Crippen LogP contribution in [0.1, 0.15) is 38.2 Å². The molecular formula is C21H24N2O7. The zero-order chi connectivity index (χ0) is 22.1. The van der Waals surface area contributed by atoms with E-state index < -0.39 is 16.8 Å². The van der Waals surface area contributed by atoms with Crippen molar-refractivity contribution in [3.05, 3.63) is 62.7 Å². The monoisotopic (exact) mass is 416 g/mol. The van der Waals surface area contributed by atoms with Gasteiger partial charge in [-0.3, -0.25) is 14.9 Å². The fourth-order valence-corrected chi connectivity index (χ4v) is 3.80. The summed E-state index contributed by atoms with van der Waals surface area (Å²) in [6.07, 6.45) is 0.759. The van der Waals surface area contributed by atoms with Gasteiger partial charge in [0.05, 0.1) is 17.4 Å². The number of hydrogen-bond acceptors (Lipinski definition) is 8. The van der Waals surface area contributed by atoms with Crippen LogP contribution in [0.25, 0.3) is 0 Å². The van der Waals surface area contributed by atoms with E-state index >= 15 is 0 Å². The number of nitro groups is 1. The second-order valence-corrected chi connectivity index (χ2v) is 8.07. The minimum absolute atomic E-state index is 0.00593. The molecule has 1 atom stereocenters. The molecule has 9 heteroatoms. The molecule has 160 valence electrons. The van der Waals surface area contributed by atoms with Crippen LogP contribution in [0, 0.1) is 15.5 Å². The van der Waals surface area contributed by atoms with Crippen LogP contribution in [0.3, 0.4) is 0 Å². The van der Waals surface area contributed by atoms with Crippen LogP contribution in [0.5, 0.6) is 0 Å². The molecule has 9 nitrogen and oxygen atoms in total. The summed E-state index contributed by atoms with van der Waals surface area (Å²) in [5, 5.41) is 11.0. The number of nitro benzene ring substituents is 1. The third-order valence-electron chi connectivity index (χ3n) is 5.13. The molecule has 1 heterocycles. The highest BCUT2D eigenvalue weighted by atomic mass is 16.6. The predicted molar refractivity (Wildman–Crippen MR) is 106 cm³/mol. The molecule has 30 heavy (non-hydrogen) atoms. The Hall–Kier alpha value is -3.20. The largest absolute Gasteiger partial charge is 0.460 e. The van der Waals surface area contributed by atoms with Gasteiger partial charge in [0.2, 0.25) is 5.88 Å². The molecular weight excluding hydrogens is 392 g/mol. The Labute approximate surface area is 173 Å². The highest BCUT2D eigenvalue weighted by Crippen LogP contribution is 2.48. The van der Waals surface area contributed by atoms with Crippen LogP contribution in [0.2, 0.25) is 0 Å². The van der Waals surface area contributed by atoms with Gasteiger partial charge in [0.15, 0.2) is 5.78 Å². The van der Waals surface area contributed by atoms with Gasteiger partial charge in [-0.1, -0.05) is 26.0 Å². The molecule has 0 saturated heterocycles. The van der Waals surface area contributed by atoms with E-state index in [0.717, 1.165) is 0 Å². The molecule has 0 radical (unpaired) electrons. The van der Waals surface area contributed by atoms with Gasteiger partial charge in [-0.25, -0.2) is 4.79 Å². The van der Waals surface area contributed by atoms with Gasteiger partial charge >= 0.3 is 5.97 Å². The number of rotatable bonds is 6. The Kier molecular flexibility index (Phi) is 5.93. The molecule has 0 saturated carbocycles.